The molecule has 4 nitrogen and oxygen atoms in total. The summed E-state index contributed by atoms with van der Waals surface area (Å²) in [6.07, 6.45) is 3.08. The van der Waals surface area contributed by atoms with E-state index < -0.39 is 11.6 Å². The van der Waals surface area contributed by atoms with Crippen molar-refractivity contribution in [2.24, 2.45) is 0 Å². The molecule has 106 valence electrons. The lowest BCUT2D eigenvalue weighted by Gasteiger charge is -2.05. The van der Waals surface area contributed by atoms with E-state index in [0.29, 0.717) is 15.6 Å². The zero-order valence-electron chi connectivity index (χ0n) is 10.5. The van der Waals surface area contributed by atoms with Crippen molar-refractivity contribution < 1.29 is 13.3 Å². The summed E-state index contributed by atoms with van der Waals surface area (Å²) in [7, 11) is 0. The Morgan fingerprint density at radius 3 is 2.29 bits per heavy atom. The second kappa shape index (κ2) is 5.25. The van der Waals surface area contributed by atoms with Crippen molar-refractivity contribution in [3.05, 3.63) is 52.8 Å². The van der Waals surface area contributed by atoms with Gasteiger partial charge in [0.25, 0.3) is 0 Å². The highest BCUT2D eigenvalue weighted by molar-refractivity contribution is 9.10. The number of pyridine rings is 1. The molecule has 0 radical (unpaired) electrons. The molecule has 0 bridgehead atoms. The third-order valence-electron chi connectivity index (χ3n) is 2.92. The van der Waals surface area contributed by atoms with Crippen LogP contribution in [0, 0.1) is 11.6 Å². The molecule has 2 N–H and O–H groups in total. The number of benzene rings is 1. The van der Waals surface area contributed by atoms with Crippen LogP contribution in [0.4, 0.5) is 14.6 Å². The van der Waals surface area contributed by atoms with Gasteiger partial charge < -0.3 is 10.3 Å². The number of hydrogen-bond acceptors (Lipinski definition) is 4. The number of hydrogen-bond donors (Lipinski definition) is 1. The van der Waals surface area contributed by atoms with Crippen molar-refractivity contribution in [1.29, 1.82) is 0 Å². The van der Waals surface area contributed by atoms with Crippen LogP contribution < -0.4 is 5.73 Å². The molecular formula is C14H8BrF2N3O. The normalized spacial score (nSPS) is 10.8. The van der Waals surface area contributed by atoms with Gasteiger partial charge in [-0.25, -0.2) is 8.78 Å². The van der Waals surface area contributed by atoms with Crippen LogP contribution in [0.25, 0.3) is 22.5 Å². The van der Waals surface area contributed by atoms with Gasteiger partial charge >= 0.3 is 0 Å². The molecular weight excluding hydrogens is 344 g/mol. The van der Waals surface area contributed by atoms with Crippen LogP contribution >= 0.6 is 15.9 Å². The van der Waals surface area contributed by atoms with Crippen LogP contribution in [0.15, 0.2) is 45.7 Å². The molecule has 3 aromatic rings. The highest BCUT2D eigenvalue weighted by atomic mass is 79.9. The van der Waals surface area contributed by atoms with Crippen molar-refractivity contribution in [2.75, 3.05) is 5.73 Å². The molecule has 0 aliphatic rings. The summed E-state index contributed by atoms with van der Waals surface area (Å²) in [6, 6.07) is 5.60. The third-order valence-corrected chi connectivity index (χ3v) is 3.38. The average Bonchev–Trinajstić information content (AvgIpc) is 2.80. The molecule has 1 aromatic carbocycles. The number of rotatable bonds is 2. The van der Waals surface area contributed by atoms with E-state index in [1.54, 1.807) is 24.5 Å². The second-order valence-corrected chi connectivity index (χ2v) is 5.17. The zero-order valence-corrected chi connectivity index (χ0v) is 12.1. The molecule has 2 heterocycles. The maximum Gasteiger partial charge on any atom is 0.182 e. The first-order valence-corrected chi connectivity index (χ1v) is 6.67. The van der Waals surface area contributed by atoms with Gasteiger partial charge in [0.05, 0.1) is 11.1 Å². The number of anilines is 1. The van der Waals surface area contributed by atoms with E-state index in [4.69, 9.17) is 10.3 Å². The molecule has 2 aromatic heterocycles. The number of nitrogens with zero attached hydrogens (tertiary/aromatic N) is 2. The van der Waals surface area contributed by atoms with E-state index in [0.717, 1.165) is 12.1 Å². The molecule has 21 heavy (non-hydrogen) atoms. The van der Waals surface area contributed by atoms with Gasteiger partial charge in [0.2, 0.25) is 0 Å². The van der Waals surface area contributed by atoms with Gasteiger partial charge in [0.15, 0.2) is 11.6 Å². The first kappa shape index (κ1) is 13.7. The zero-order chi connectivity index (χ0) is 15.0. The lowest BCUT2D eigenvalue weighted by Crippen LogP contribution is -1.93. The summed E-state index contributed by atoms with van der Waals surface area (Å²) in [5.74, 6) is -1.54. The predicted molar refractivity (Wildman–Crippen MR) is 77.2 cm³/mol. The molecule has 0 saturated heterocycles. The average molecular weight is 352 g/mol. The van der Waals surface area contributed by atoms with Crippen LogP contribution in [0.2, 0.25) is 0 Å². The molecule has 3 rings (SSSR count). The van der Waals surface area contributed by atoms with E-state index in [1.165, 1.54) is 0 Å². The van der Waals surface area contributed by atoms with Crippen LogP contribution in [0.3, 0.4) is 0 Å². The molecule has 0 amide bonds. The van der Waals surface area contributed by atoms with Gasteiger partial charge in [-0.05, 0) is 29.8 Å². The van der Waals surface area contributed by atoms with Gasteiger partial charge in [0.1, 0.15) is 11.6 Å². The Morgan fingerprint density at radius 1 is 1.05 bits per heavy atom. The number of aromatic nitrogens is 2. The SMILES string of the molecule is Nc1noc(-c2c(F)cc(Br)cc2F)c1-c1ccncc1. The summed E-state index contributed by atoms with van der Waals surface area (Å²) >= 11 is 3.03. The Bertz CT molecular complexity index is 782. The fraction of sp³-hybridized carbons (Fsp3) is 0. The summed E-state index contributed by atoms with van der Waals surface area (Å²) in [5.41, 5.74) is 6.39. The first-order chi connectivity index (χ1) is 10.1. The highest BCUT2D eigenvalue weighted by Crippen LogP contribution is 2.39. The van der Waals surface area contributed by atoms with Crippen LogP contribution in [0.5, 0.6) is 0 Å². The lowest BCUT2D eigenvalue weighted by molar-refractivity contribution is 0.430. The molecule has 0 atom stereocenters. The minimum Gasteiger partial charge on any atom is -0.380 e. The first-order valence-electron chi connectivity index (χ1n) is 5.88. The topological polar surface area (TPSA) is 64.9 Å². The molecule has 0 aliphatic heterocycles. The molecule has 0 spiro atoms. The molecule has 0 fully saturated rings. The molecule has 0 unspecified atom stereocenters. The Hall–Kier alpha value is -2.28. The van der Waals surface area contributed by atoms with E-state index in [-0.39, 0.29) is 17.1 Å². The quantitative estimate of drug-likeness (QED) is 0.756. The summed E-state index contributed by atoms with van der Waals surface area (Å²) in [4.78, 5) is 3.89. The summed E-state index contributed by atoms with van der Waals surface area (Å²) in [6.45, 7) is 0. The fourth-order valence-corrected chi connectivity index (χ4v) is 2.43. The minimum absolute atomic E-state index is 0.0536. The number of nitrogen functional groups attached to an aromatic ring is 1. The standard InChI is InChI=1S/C14H8BrF2N3O/c15-8-5-9(16)12(10(17)6-8)13-11(14(18)20-21-13)7-1-3-19-4-2-7/h1-6H,(H2,18,20). The van der Waals surface area contributed by atoms with Gasteiger partial charge in [-0.15, -0.1) is 0 Å². The largest absolute Gasteiger partial charge is 0.380 e. The van der Waals surface area contributed by atoms with Crippen molar-refractivity contribution in [3.8, 4) is 22.5 Å². The molecule has 0 saturated carbocycles. The fourth-order valence-electron chi connectivity index (χ4n) is 2.03. The van der Waals surface area contributed by atoms with Gasteiger partial charge in [-0.1, -0.05) is 21.1 Å². The summed E-state index contributed by atoms with van der Waals surface area (Å²) < 4.78 is 33.5. The Labute approximate surface area is 126 Å². The van der Waals surface area contributed by atoms with E-state index in [1.807, 2.05) is 0 Å². The smallest absolute Gasteiger partial charge is 0.182 e. The molecule has 7 heteroatoms. The predicted octanol–water partition coefficient (Wildman–Crippen LogP) is 4.03. The third kappa shape index (κ3) is 2.40. The van der Waals surface area contributed by atoms with Gasteiger partial charge in [-0.3, -0.25) is 4.98 Å². The Kier molecular flexibility index (Phi) is 3.42. The Morgan fingerprint density at radius 2 is 1.67 bits per heavy atom. The minimum atomic E-state index is -0.770. The number of halogens is 3. The number of nitrogens with two attached hydrogens (primary N) is 1. The highest BCUT2D eigenvalue weighted by Gasteiger charge is 2.24. The second-order valence-electron chi connectivity index (χ2n) is 4.25. The van der Waals surface area contributed by atoms with Crippen LogP contribution in [-0.4, -0.2) is 10.1 Å². The van der Waals surface area contributed by atoms with Crippen molar-refractivity contribution in [3.63, 3.8) is 0 Å². The lowest BCUT2D eigenvalue weighted by atomic mass is 10.0. The van der Waals surface area contributed by atoms with Crippen molar-refractivity contribution in [2.45, 2.75) is 0 Å². The van der Waals surface area contributed by atoms with Gasteiger partial charge in [0, 0.05) is 16.9 Å². The van der Waals surface area contributed by atoms with E-state index in [9.17, 15) is 8.78 Å². The maximum atomic E-state index is 14.1. The summed E-state index contributed by atoms with van der Waals surface area (Å²) in [5, 5.41) is 3.61. The van der Waals surface area contributed by atoms with Gasteiger partial charge in [-0.2, -0.15) is 0 Å². The van der Waals surface area contributed by atoms with Crippen LogP contribution in [0.1, 0.15) is 0 Å². The maximum absolute atomic E-state index is 14.1. The Balaban J connectivity index is 2.27. The van der Waals surface area contributed by atoms with Crippen molar-refractivity contribution >= 4 is 21.7 Å². The molecule has 0 aliphatic carbocycles. The van der Waals surface area contributed by atoms with E-state index >= 15 is 0 Å². The van der Waals surface area contributed by atoms with Crippen molar-refractivity contribution in [1.82, 2.24) is 10.1 Å². The van der Waals surface area contributed by atoms with E-state index in [2.05, 4.69) is 26.1 Å². The monoisotopic (exact) mass is 351 g/mol. The van der Waals surface area contributed by atoms with Crippen LogP contribution in [-0.2, 0) is 0 Å².